The first-order chi connectivity index (χ1) is 10.7. The van der Waals surface area contributed by atoms with Gasteiger partial charge in [-0.05, 0) is 40.0 Å². The number of rotatable bonds is 5. The highest BCUT2D eigenvalue weighted by Crippen LogP contribution is 2.32. The molecule has 1 amide bonds. The van der Waals surface area contributed by atoms with Gasteiger partial charge in [0.2, 0.25) is 0 Å². The Kier molecular flexibility index (Phi) is 4.64. The Morgan fingerprint density at radius 3 is 2.77 bits per heavy atom. The van der Waals surface area contributed by atoms with Gasteiger partial charge >= 0.3 is 0 Å². The second-order valence-corrected chi connectivity index (χ2v) is 7.61. The number of hydrogen-bond donors (Lipinski definition) is 1. The van der Waals surface area contributed by atoms with Crippen LogP contribution in [0.15, 0.2) is 46.3 Å². The molecular formula is C17H17BrN2OS. The number of halogens is 1. The molecule has 2 aromatic heterocycles. The van der Waals surface area contributed by atoms with Gasteiger partial charge in [0.15, 0.2) is 0 Å². The third-order valence-electron chi connectivity index (χ3n) is 3.54. The Balaban J connectivity index is 1.83. The molecule has 0 unspecified atom stereocenters. The second-order valence-electron chi connectivity index (χ2n) is 5.15. The molecule has 2 heterocycles. The second kappa shape index (κ2) is 6.67. The van der Waals surface area contributed by atoms with Crippen molar-refractivity contribution < 1.29 is 4.79 Å². The van der Waals surface area contributed by atoms with E-state index in [-0.39, 0.29) is 5.91 Å². The first-order valence-electron chi connectivity index (χ1n) is 7.29. The largest absolute Gasteiger partial charge is 0.347 e. The van der Waals surface area contributed by atoms with Gasteiger partial charge in [0.05, 0.1) is 14.0 Å². The first kappa shape index (κ1) is 15.3. The number of thiophene rings is 1. The predicted octanol–water partition coefficient (Wildman–Crippen LogP) is 4.81. The summed E-state index contributed by atoms with van der Waals surface area (Å²) in [5.41, 5.74) is 2.98. The smallest absolute Gasteiger partial charge is 0.268 e. The quantitative estimate of drug-likeness (QED) is 0.681. The fourth-order valence-corrected chi connectivity index (χ4v) is 4.10. The molecule has 0 aliphatic rings. The van der Waals surface area contributed by atoms with Crippen LogP contribution in [-0.4, -0.2) is 10.5 Å². The molecule has 0 radical (unpaired) electrons. The minimum atomic E-state index is -0.0168. The first-order valence-corrected chi connectivity index (χ1v) is 8.90. The molecule has 0 saturated heterocycles. The summed E-state index contributed by atoms with van der Waals surface area (Å²) in [6.45, 7) is 3.52. The maximum absolute atomic E-state index is 12.5. The van der Waals surface area contributed by atoms with Crippen LogP contribution in [0, 0.1) is 0 Å². The van der Waals surface area contributed by atoms with Gasteiger partial charge in [0.25, 0.3) is 5.91 Å². The van der Waals surface area contributed by atoms with Crippen LogP contribution in [0.1, 0.15) is 29.4 Å². The Bertz CT molecular complexity index is 792. The molecule has 0 saturated carbocycles. The van der Waals surface area contributed by atoms with E-state index in [9.17, 15) is 4.79 Å². The minimum Gasteiger partial charge on any atom is -0.347 e. The van der Waals surface area contributed by atoms with Gasteiger partial charge in [-0.1, -0.05) is 37.3 Å². The highest BCUT2D eigenvalue weighted by Gasteiger charge is 2.16. The SMILES string of the molecule is CCCn1c(C(=O)NCc2ccccc2)cc2sc(Br)cc21. The highest BCUT2D eigenvalue weighted by atomic mass is 79.9. The van der Waals surface area contributed by atoms with Crippen molar-refractivity contribution >= 4 is 43.4 Å². The molecule has 3 rings (SSSR count). The average Bonchev–Trinajstić information content (AvgIpc) is 3.04. The van der Waals surface area contributed by atoms with E-state index in [1.165, 1.54) is 0 Å². The van der Waals surface area contributed by atoms with E-state index in [1.807, 2.05) is 36.4 Å². The van der Waals surface area contributed by atoms with E-state index >= 15 is 0 Å². The van der Waals surface area contributed by atoms with Gasteiger partial charge in [0, 0.05) is 13.1 Å². The van der Waals surface area contributed by atoms with Crippen molar-refractivity contribution in [3.63, 3.8) is 0 Å². The zero-order valence-corrected chi connectivity index (χ0v) is 14.7. The number of carbonyl (C=O) groups excluding carboxylic acids is 1. The van der Waals surface area contributed by atoms with E-state index in [0.717, 1.165) is 38.2 Å². The third-order valence-corrected chi connectivity index (χ3v) is 5.11. The molecule has 0 aliphatic carbocycles. The van der Waals surface area contributed by atoms with Crippen molar-refractivity contribution in [1.29, 1.82) is 0 Å². The zero-order chi connectivity index (χ0) is 15.5. The molecule has 0 spiro atoms. The molecule has 3 nitrogen and oxygen atoms in total. The molecule has 22 heavy (non-hydrogen) atoms. The number of nitrogens with zero attached hydrogens (tertiary/aromatic N) is 1. The summed E-state index contributed by atoms with van der Waals surface area (Å²) in [5.74, 6) is -0.0168. The fourth-order valence-electron chi connectivity index (χ4n) is 2.53. The number of nitrogens with one attached hydrogen (secondary N) is 1. The lowest BCUT2D eigenvalue weighted by molar-refractivity contribution is 0.0942. The van der Waals surface area contributed by atoms with Gasteiger partial charge in [-0.2, -0.15) is 0 Å². The summed E-state index contributed by atoms with van der Waals surface area (Å²) in [5, 5.41) is 3.01. The van der Waals surface area contributed by atoms with Crippen molar-refractivity contribution in [3.8, 4) is 0 Å². The summed E-state index contributed by atoms with van der Waals surface area (Å²) in [6.07, 6.45) is 0.996. The maximum Gasteiger partial charge on any atom is 0.268 e. The lowest BCUT2D eigenvalue weighted by Crippen LogP contribution is -2.25. The van der Waals surface area contributed by atoms with Crippen LogP contribution in [-0.2, 0) is 13.1 Å². The standard InChI is InChI=1S/C17H17BrN2OS/c1-2-8-20-13-10-16(18)22-15(13)9-14(20)17(21)19-11-12-6-4-3-5-7-12/h3-7,9-10H,2,8,11H2,1H3,(H,19,21). The number of aryl methyl sites for hydroxylation is 1. The van der Waals surface area contributed by atoms with Gasteiger partial charge in [-0.15, -0.1) is 11.3 Å². The van der Waals surface area contributed by atoms with Crippen LogP contribution in [0.3, 0.4) is 0 Å². The zero-order valence-electron chi connectivity index (χ0n) is 12.3. The number of benzene rings is 1. The molecule has 0 bridgehead atoms. The topological polar surface area (TPSA) is 34.0 Å². The van der Waals surface area contributed by atoms with Gasteiger partial charge in [-0.25, -0.2) is 0 Å². The minimum absolute atomic E-state index is 0.0168. The molecule has 114 valence electrons. The summed E-state index contributed by atoms with van der Waals surface area (Å²) < 4.78 is 4.35. The van der Waals surface area contributed by atoms with E-state index in [0.29, 0.717) is 6.54 Å². The molecule has 0 aliphatic heterocycles. The number of hydrogen-bond acceptors (Lipinski definition) is 2. The van der Waals surface area contributed by atoms with Crippen LogP contribution in [0.5, 0.6) is 0 Å². The lowest BCUT2D eigenvalue weighted by Gasteiger charge is -2.09. The summed E-state index contributed by atoms with van der Waals surface area (Å²) >= 11 is 5.18. The van der Waals surface area contributed by atoms with E-state index in [1.54, 1.807) is 11.3 Å². The van der Waals surface area contributed by atoms with Crippen molar-refractivity contribution in [3.05, 3.63) is 57.5 Å². The Morgan fingerprint density at radius 1 is 1.27 bits per heavy atom. The number of carbonyl (C=O) groups is 1. The number of amides is 1. The fraction of sp³-hybridized carbons (Fsp3) is 0.235. The van der Waals surface area contributed by atoms with Crippen LogP contribution < -0.4 is 5.32 Å². The molecule has 0 fully saturated rings. The molecular weight excluding hydrogens is 360 g/mol. The Morgan fingerprint density at radius 2 is 2.05 bits per heavy atom. The Hall–Kier alpha value is -1.59. The van der Waals surface area contributed by atoms with Gasteiger partial charge < -0.3 is 9.88 Å². The molecule has 1 N–H and O–H groups in total. The monoisotopic (exact) mass is 376 g/mol. The Labute approximate surface area is 142 Å². The third kappa shape index (κ3) is 3.10. The summed E-state index contributed by atoms with van der Waals surface area (Å²) in [6, 6.07) is 14.0. The average molecular weight is 377 g/mol. The van der Waals surface area contributed by atoms with Gasteiger partial charge in [0.1, 0.15) is 5.69 Å². The van der Waals surface area contributed by atoms with Gasteiger partial charge in [-0.3, -0.25) is 4.79 Å². The summed E-state index contributed by atoms with van der Waals surface area (Å²) in [4.78, 5) is 12.5. The van der Waals surface area contributed by atoms with Crippen LogP contribution in [0.2, 0.25) is 0 Å². The van der Waals surface area contributed by atoms with Crippen LogP contribution in [0.25, 0.3) is 10.2 Å². The van der Waals surface area contributed by atoms with E-state index in [2.05, 4.69) is 38.8 Å². The molecule has 1 aromatic carbocycles. The van der Waals surface area contributed by atoms with Crippen LogP contribution in [0.4, 0.5) is 0 Å². The summed E-state index contributed by atoms with van der Waals surface area (Å²) in [7, 11) is 0. The van der Waals surface area contributed by atoms with Crippen molar-refractivity contribution in [2.45, 2.75) is 26.4 Å². The van der Waals surface area contributed by atoms with Crippen molar-refractivity contribution in [2.75, 3.05) is 0 Å². The highest BCUT2D eigenvalue weighted by molar-refractivity contribution is 9.11. The number of fused-ring (bicyclic) bond motifs is 1. The maximum atomic E-state index is 12.5. The van der Waals surface area contributed by atoms with Crippen LogP contribution >= 0.6 is 27.3 Å². The lowest BCUT2D eigenvalue weighted by atomic mass is 10.2. The van der Waals surface area contributed by atoms with Crippen molar-refractivity contribution in [1.82, 2.24) is 9.88 Å². The van der Waals surface area contributed by atoms with E-state index < -0.39 is 0 Å². The number of aromatic nitrogens is 1. The van der Waals surface area contributed by atoms with E-state index in [4.69, 9.17) is 0 Å². The molecule has 3 aromatic rings. The molecule has 0 atom stereocenters. The molecule has 5 heteroatoms. The van der Waals surface area contributed by atoms with Crippen molar-refractivity contribution in [2.24, 2.45) is 0 Å². The normalized spacial score (nSPS) is 11.0. The predicted molar refractivity (Wildman–Crippen MR) is 95.4 cm³/mol.